The standard InChI is InChI=1S/C21H15N2S2/c1-14-23(16-7-3-2-4-8-16)18-12-11-15(13-20(18)24-14)21-22-17-9-5-6-10-19(17)25-21/h2-13H,1H3/q+1. The Labute approximate surface area is 153 Å². The molecule has 0 aliphatic rings. The number of rotatable bonds is 2. The first-order chi connectivity index (χ1) is 12.3. The summed E-state index contributed by atoms with van der Waals surface area (Å²) in [6, 6.07) is 25.5. The molecule has 2 nitrogen and oxygen atoms in total. The highest BCUT2D eigenvalue weighted by Gasteiger charge is 2.20. The molecule has 0 aliphatic heterocycles. The Morgan fingerprint density at radius 1 is 0.800 bits per heavy atom. The fourth-order valence-electron chi connectivity index (χ4n) is 3.18. The van der Waals surface area contributed by atoms with E-state index >= 15 is 0 Å². The van der Waals surface area contributed by atoms with Gasteiger partial charge in [0.05, 0.1) is 10.2 Å². The number of para-hydroxylation sites is 2. The molecule has 0 amide bonds. The number of hydrogen-bond acceptors (Lipinski definition) is 3. The molecule has 4 heteroatoms. The Balaban J connectivity index is 1.68. The van der Waals surface area contributed by atoms with E-state index in [0.29, 0.717) is 0 Å². The molecule has 2 heterocycles. The molecule has 0 spiro atoms. The molecule has 0 N–H and O–H groups in total. The molecule has 0 saturated carbocycles. The zero-order valence-corrected chi connectivity index (χ0v) is 15.3. The molecule has 0 unspecified atom stereocenters. The van der Waals surface area contributed by atoms with E-state index in [1.54, 1.807) is 11.3 Å². The van der Waals surface area contributed by atoms with Crippen LogP contribution >= 0.6 is 22.7 Å². The van der Waals surface area contributed by atoms with E-state index in [0.717, 1.165) is 10.5 Å². The van der Waals surface area contributed by atoms with Crippen LogP contribution in [-0.4, -0.2) is 4.98 Å². The maximum absolute atomic E-state index is 4.79. The number of aryl methyl sites for hydroxylation is 1. The lowest BCUT2D eigenvalue weighted by molar-refractivity contribution is -0.569. The first-order valence-electron chi connectivity index (χ1n) is 8.16. The molecule has 0 saturated heterocycles. The van der Waals surface area contributed by atoms with Crippen molar-refractivity contribution >= 4 is 43.1 Å². The summed E-state index contributed by atoms with van der Waals surface area (Å²) >= 11 is 3.58. The van der Waals surface area contributed by atoms with Gasteiger partial charge in [0.15, 0.2) is 0 Å². The fraction of sp³-hybridized carbons (Fsp3) is 0.0476. The van der Waals surface area contributed by atoms with Crippen LogP contribution in [0.5, 0.6) is 0 Å². The number of nitrogens with zero attached hydrogens (tertiary/aromatic N) is 2. The SMILES string of the molecule is Cc1sc2cc(-c3nc4ccccc4s3)ccc2[n+]1-c1ccccc1. The quantitative estimate of drug-likeness (QED) is 0.366. The van der Waals surface area contributed by atoms with E-state index in [1.807, 2.05) is 17.4 Å². The highest BCUT2D eigenvalue weighted by molar-refractivity contribution is 7.21. The zero-order chi connectivity index (χ0) is 16.8. The van der Waals surface area contributed by atoms with E-state index in [9.17, 15) is 0 Å². The molecule has 0 aliphatic carbocycles. The Kier molecular flexibility index (Phi) is 3.40. The third-order valence-electron chi connectivity index (χ3n) is 4.33. The van der Waals surface area contributed by atoms with Crippen LogP contribution in [0.25, 0.3) is 36.7 Å². The van der Waals surface area contributed by atoms with Gasteiger partial charge < -0.3 is 0 Å². The summed E-state index contributed by atoms with van der Waals surface area (Å²) in [6.45, 7) is 2.18. The van der Waals surface area contributed by atoms with Gasteiger partial charge in [0.25, 0.3) is 0 Å². The maximum atomic E-state index is 4.79. The molecule has 0 radical (unpaired) electrons. The number of benzene rings is 3. The number of aromatic nitrogens is 2. The smallest absolute Gasteiger partial charge is 0.236 e. The van der Waals surface area contributed by atoms with Gasteiger partial charge in [0.2, 0.25) is 16.2 Å². The van der Waals surface area contributed by atoms with Gasteiger partial charge in [-0.1, -0.05) is 41.7 Å². The molecule has 0 fully saturated rings. The second-order valence-corrected chi connectivity index (χ2v) is 8.23. The van der Waals surface area contributed by atoms with Crippen molar-refractivity contribution in [3.63, 3.8) is 0 Å². The maximum Gasteiger partial charge on any atom is 0.241 e. The number of hydrogen-bond donors (Lipinski definition) is 0. The van der Waals surface area contributed by atoms with Crippen molar-refractivity contribution in [2.45, 2.75) is 6.92 Å². The van der Waals surface area contributed by atoms with Gasteiger partial charge in [0, 0.05) is 30.7 Å². The summed E-state index contributed by atoms with van der Waals surface area (Å²) in [6.07, 6.45) is 0. The molecule has 0 atom stereocenters. The van der Waals surface area contributed by atoms with Crippen molar-refractivity contribution in [2.75, 3.05) is 0 Å². The van der Waals surface area contributed by atoms with E-state index in [1.165, 1.54) is 31.2 Å². The largest absolute Gasteiger partial charge is 0.241 e. The normalized spacial score (nSPS) is 11.4. The molecule has 3 aromatic carbocycles. The highest BCUT2D eigenvalue weighted by atomic mass is 32.1. The van der Waals surface area contributed by atoms with Crippen LogP contribution in [-0.2, 0) is 0 Å². The second-order valence-electron chi connectivity index (χ2n) is 5.96. The monoisotopic (exact) mass is 359 g/mol. The van der Waals surface area contributed by atoms with Crippen molar-refractivity contribution < 1.29 is 4.57 Å². The van der Waals surface area contributed by atoms with Crippen LogP contribution in [0.4, 0.5) is 0 Å². The van der Waals surface area contributed by atoms with Crippen LogP contribution in [0.1, 0.15) is 5.01 Å². The second kappa shape index (κ2) is 5.76. The number of fused-ring (bicyclic) bond motifs is 2. The molecule has 5 aromatic rings. The van der Waals surface area contributed by atoms with Crippen LogP contribution in [0.3, 0.4) is 0 Å². The van der Waals surface area contributed by atoms with Crippen molar-refractivity contribution in [1.29, 1.82) is 0 Å². The Morgan fingerprint density at radius 3 is 2.44 bits per heavy atom. The van der Waals surface area contributed by atoms with Gasteiger partial charge in [-0.05, 0) is 24.3 Å². The highest BCUT2D eigenvalue weighted by Crippen LogP contribution is 2.33. The molecule has 25 heavy (non-hydrogen) atoms. The average molecular weight is 359 g/mol. The summed E-state index contributed by atoms with van der Waals surface area (Å²) < 4.78 is 4.85. The lowest BCUT2D eigenvalue weighted by Crippen LogP contribution is -2.31. The van der Waals surface area contributed by atoms with Gasteiger partial charge in [-0.2, -0.15) is 0 Å². The summed E-state index contributed by atoms with van der Waals surface area (Å²) in [5.41, 5.74) is 4.72. The van der Waals surface area contributed by atoms with E-state index in [2.05, 4.69) is 78.2 Å². The van der Waals surface area contributed by atoms with Crippen LogP contribution < -0.4 is 4.57 Å². The Morgan fingerprint density at radius 2 is 1.60 bits per heavy atom. The average Bonchev–Trinajstić information content (AvgIpc) is 3.21. The van der Waals surface area contributed by atoms with Crippen molar-refractivity contribution in [2.24, 2.45) is 0 Å². The molecular weight excluding hydrogens is 344 g/mol. The van der Waals surface area contributed by atoms with Crippen LogP contribution in [0, 0.1) is 6.92 Å². The molecular formula is C21H15N2S2+. The number of thiazole rings is 2. The minimum Gasteiger partial charge on any atom is -0.236 e. The molecule has 5 rings (SSSR count). The predicted octanol–water partition coefficient (Wildman–Crippen LogP) is 5.76. The third-order valence-corrected chi connectivity index (χ3v) is 6.44. The summed E-state index contributed by atoms with van der Waals surface area (Å²) in [4.78, 5) is 4.79. The van der Waals surface area contributed by atoms with E-state index in [4.69, 9.17) is 4.98 Å². The summed E-state index contributed by atoms with van der Waals surface area (Å²) in [7, 11) is 0. The first-order valence-corrected chi connectivity index (χ1v) is 9.79. The topological polar surface area (TPSA) is 16.8 Å². The lowest BCUT2D eigenvalue weighted by Gasteiger charge is -1.97. The minimum atomic E-state index is 1.07. The molecule has 120 valence electrons. The van der Waals surface area contributed by atoms with Crippen LogP contribution in [0.15, 0.2) is 72.8 Å². The summed E-state index contributed by atoms with van der Waals surface area (Å²) in [5.74, 6) is 0. The predicted molar refractivity (Wildman–Crippen MR) is 107 cm³/mol. The third kappa shape index (κ3) is 2.46. The minimum absolute atomic E-state index is 1.07. The van der Waals surface area contributed by atoms with E-state index < -0.39 is 0 Å². The first kappa shape index (κ1) is 14.8. The molecule has 0 bridgehead atoms. The van der Waals surface area contributed by atoms with Crippen molar-refractivity contribution in [3.05, 3.63) is 77.8 Å². The van der Waals surface area contributed by atoms with Gasteiger partial charge in [-0.25, -0.2) is 4.98 Å². The lowest BCUT2D eigenvalue weighted by atomic mass is 10.2. The van der Waals surface area contributed by atoms with Gasteiger partial charge in [-0.15, -0.1) is 15.9 Å². The van der Waals surface area contributed by atoms with Crippen molar-refractivity contribution in [3.8, 4) is 16.3 Å². The Bertz CT molecular complexity index is 1170. The van der Waals surface area contributed by atoms with E-state index in [-0.39, 0.29) is 0 Å². The summed E-state index contributed by atoms with van der Waals surface area (Å²) in [5, 5.41) is 2.36. The van der Waals surface area contributed by atoms with Gasteiger partial charge in [-0.3, -0.25) is 0 Å². The van der Waals surface area contributed by atoms with Gasteiger partial charge >= 0.3 is 0 Å². The zero-order valence-electron chi connectivity index (χ0n) is 13.6. The van der Waals surface area contributed by atoms with Crippen LogP contribution in [0.2, 0.25) is 0 Å². The fourth-order valence-corrected chi connectivity index (χ4v) is 5.21. The molecule has 2 aromatic heterocycles. The Hall–Kier alpha value is -2.56. The van der Waals surface area contributed by atoms with Crippen molar-refractivity contribution in [1.82, 2.24) is 4.98 Å². The van der Waals surface area contributed by atoms with Gasteiger partial charge in [0.1, 0.15) is 9.71 Å².